The van der Waals surface area contributed by atoms with Crippen molar-refractivity contribution in [3.63, 3.8) is 0 Å². The van der Waals surface area contributed by atoms with Crippen molar-refractivity contribution < 1.29 is 14.1 Å². The normalized spacial score (nSPS) is 16.2. The fourth-order valence-corrected chi connectivity index (χ4v) is 2.56. The molecule has 1 fully saturated rings. The van der Waals surface area contributed by atoms with E-state index in [1.165, 1.54) is 25.0 Å². The molecule has 1 aliphatic rings. The quantitative estimate of drug-likeness (QED) is 0.546. The van der Waals surface area contributed by atoms with Gasteiger partial charge in [0.15, 0.2) is 0 Å². The Balaban J connectivity index is 2.15. The fourth-order valence-electron chi connectivity index (χ4n) is 2.56. The van der Waals surface area contributed by atoms with Crippen LogP contribution >= 0.6 is 0 Å². The van der Waals surface area contributed by atoms with Crippen molar-refractivity contribution in [2.75, 3.05) is 20.3 Å². The van der Waals surface area contributed by atoms with E-state index in [-0.39, 0.29) is 0 Å². The second kappa shape index (κ2) is 6.95. The van der Waals surface area contributed by atoms with E-state index in [0.29, 0.717) is 37.2 Å². The minimum Gasteiger partial charge on any atom is -0.383 e. The topological polar surface area (TPSA) is 55.6 Å². The van der Waals surface area contributed by atoms with Crippen molar-refractivity contribution in [3.8, 4) is 0 Å². The number of hydrogen-bond acceptors (Lipinski definition) is 4. The van der Waals surface area contributed by atoms with Crippen LogP contribution in [0.3, 0.4) is 0 Å². The number of benzene rings is 1. The molecule has 2 rings (SSSR count). The average Bonchev–Trinajstić information content (AvgIpc) is 3.28. The van der Waals surface area contributed by atoms with Crippen LogP contribution in [0.4, 0.5) is 10.1 Å². The van der Waals surface area contributed by atoms with Crippen LogP contribution in [0.5, 0.6) is 0 Å². The predicted molar refractivity (Wildman–Crippen MR) is 77.5 cm³/mol. The molecule has 1 unspecified atom stereocenters. The van der Waals surface area contributed by atoms with Crippen LogP contribution in [0.2, 0.25) is 0 Å². The third kappa shape index (κ3) is 3.98. The van der Waals surface area contributed by atoms with Crippen LogP contribution in [0, 0.1) is 21.8 Å². The van der Waals surface area contributed by atoms with Gasteiger partial charge in [0.2, 0.25) is 5.82 Å². The average molecular weight is 296 g/mol. The van der Waals surface area contributed by atoms with Crippen LogP contribution < -0.4 is 0 Å². The molecule has 1 aromatic rings. The molecule has 21 heavy (non-hydrogen) atoms. The van der Waals surface area contributed by atoms with Gasteiger partial charge in [-0.05, 0) is 25.7 Å². The molecule has 5 nitrogen and oxygen atoms in total. The molecule has 0 heterocycles. The Bertz CT molecular complexity index is 506. The lowest BCUT2D eigenvalue weighted by Gasteiger charge is -2.29. The molecule has 6 heteroatoms. The number of nitro groups is 1. The van der Waals surface area contributed by atoms with Crippen LogP contribution in [-0.2, 0) is 11.3 Å². The summed E-state index contributed by atoms with van der Waals surface area (Å²) in [5.74, 6) is -0.0865. The van der Waals surface area contributed by atoms with Crippen LogP contribution in [0.25, 0.3) is 0 Å². The van der Waals surface area contributed by atoms with Gasteiger partial charge in [0.05, 0.1) is 11.5 Å². The smallest absolute Gasteiger partial charge is 0.305 e. The third-order valence-corrected chi connectivity index (χ3v) is 4.09. The van der Waals surface area contributed by atoms with Crippen molar-refractivity contribution in [2.24, 2.45) is 5.92 Å². The maximum Gasteiger partial charge on any atom is 0.305 e. The molecule has 0 aromatic heterocycles. The number of hydrogen-bond donors (Lipinski definition) is 0. The van der Waals surface area contributed by atoms with Crippen LogP contribution in [-0.4, -0.2) is 36.1 Å². The van der Waals surface area contributed by atoms with E-state index < -0.39 is 16.4 Å². The van der Waals surface area contributed by atoms with Gasteiger partial charge in [0.25, 0.3) is 0 Å². The predicted octanol–water partition coefficient (Wildman–Crippen LogP) is 2.98. The standard InChI is InChI=1S/C15H21FN2O3/c1-11(12-6-7-12)17(8-9-21-2)10-13-4-3-5-14(15(13)16)18(19)20/h3-5,11-12H,6-10H2,1-2H3. The second-order valence-corrected chi connectivity index (χ2v) is 5.55. The monoisotopic (exact) mass is 296 g/mol. The summed E-state index contributed by atoms with van der Waals surface area (Å²) in [5, 5.41) is 10.8. The van der Waals surface area contributed by atoms with Crippen LogP contribution in [0.15, 0.2) is 18.2 Å². The van der Waals surface area contributed by atoms with Gasteiger partial charge in [0, 0.05) is 37.9 Å². The summed E-state index contributed by atoms with van der Waals surface area (Å²) >= 11 is 0. The number of ether oxygens (including phenoxy) is 1. The Morgan fingerprint density at radius 1 is 1.52 bits per heavy atom. The minimum atomic E-state index is -0.729. The van der Waals surface area contributed by atoms with E-state index in [4.69, 9.17) is 4.74 Å². The maximum absolute atomic E-state index is 14.2. The zero-order chi connectivity index (χ0) is 15.4. The third-order valence-electron chi connectivity index (χ3n) is 4.09. The molecule has 0 N–H and O–H groups in total. The van der Waals surface area contributed by atoms with Gasteiger partial charge in [-0.1, -0.05) is 12.1 Å². The molecule has 0 bridgehead atoms. The molecule has 0 saturated heterocycles. The molecule has 0 aliphatic heterocycles. The van der Waals surface area contributed by atoms with Gasteiger partial charge in [-0.3, -0.25) is 15.0 Å². The molecule has 1 aromatic carbocycles. The van der Waals surface area contributed by atoms with Gasteiger partial charge in [-0.2, -0.15) is 4.39 Å². The van der Waals surface area contributed by atoms with Gasteiger partial charge >= 0.3 is 5.69 Å². The summed E-state index contributed by atoms with van der Waals surface area (Å²) in [6, 6.07) is 4.68. The lowest BCUT2D eigenvalue weighted by molar-refractivity contribution is -0.387. The Hall–Kier alpha value is -1.53. The van der Waals surface area contributed by atoms with E-state index in [2.05, 4.69) is 11.8 Å². The molecule has 0 radical (unpaired) electrons. The second-order valence-electron chi connectivity index (χ2n) is 5.55. The molecule has 1 saturated carbocycles. The molecule has 0 spiro atoms. The highest BCUT2D eigenvalue weighted by atomic mass is 19.1. The molecule has 0 amide bonds. The number of nitrogens with zero attached hydrogens (tertiary/aromatic N) is 2. The first-order valence-corrected chi connectivity index (χ1v) is 7.19. The highest BCUT2D eigenvalue weighted by molar-refractivity contribution is 5.36. The molecule has 1 aliphatic carbocycles. The first-order valence-electron chi connectivity index (χ1n) is 7.19. The zero-order valence-electron chi connectivity index (χ0n) is 12.4. The molecule has 1 atom stereocenters. The Labute approximate surface area is 123 Å². The zero-order valence-corrected chi connectivity index (χ0v) is 12.4. The lowest BCUT2D eigenvalue weighted by Crippen LogP contribution is -2.36. The number of methoxy groups -OCH3 is 1. The lowest BCUT2D eigenvalue weighted by atomic mass is 10.1. The van der Waals surface area contributed by atoms with Crippen LogP contribution in [0.1, 0.15) is 25.3 Å². The van der Waals surface area contributed by atoms with Gasteiger partial charge in [0.1, 0.15) is 0 Å². The SMILES string of the molecule is COCCN(Cc1cccc([N+](=O)[O-])c1F)C(C)C1CC1. The Morgan fingerprint density at radius 3 is 2.81 bits per heavy atom. The van der Waals surface area contributed by atoms with Crippen molar-refractivity contribution in [1.82, 2.24) is 4.90 Å². The van der Waals surface area contributed by atoms with Gasteiger partial charge in [-0.15, -0.1) is 0 Å². The molecule has 116 valence electrons. The summed E-state index contributed by atoms with van der Waals surface area (Å²) in [5.41, 5.74) is -0.0916. The largest absolute Gasteiger partial charge is 0.383 e. The number of nitro benzene ring substituents is 1. The van der Waals surface area contributed by atoms with Crippen molar-refractivity contribution in [3.05, 3.63) is 39.7 Å². The van der Waals surface area contributed by atoms with Gasteiger partial charge < -0.3 is 4.74 Å². The van der Waals surface area contributed by atoms with E-state index >= 15 is 0 Å². The van der Waals surface area contributed by atoms with Crippen molar-refractivity contribution in [2.45, 2.75) is 32.4 Å². The Kier molecular flexibility index (Phi) is 5.25. The summed E-state index contributed by atoms with van der Waals surface area (Å²) in [6.45, 7) is 3.75. The highest BCUT2D eigenvalue weighted by Gasteiger charge is 2.32. The fraction of sp³-hybridized carbons (Fsp3) is 0.600. The summed E-state index contributed by atoms with van der Waals surface area (Å²) in [4.78, 5) is 12.3. The van der Waals surface area contributed by atoms with Crippen molar-refractivity contribution >= 4 is 5.69 Å². The van der Waals surface area contributed by atoms with Crippen molar-refractivity contribution in [1.29, 1.82) is 0 Å². The van der Waals surface area contributed by atoms with E-state index in [0.717, 1.165) is 0 Å². The Morgan fingerprint density at radius 2 is 2.24 bits per heavy atom. The maximum atomic E-state index is 14.2. The summed E-state index contributed by atoms with van der Waals surface area (Å²) < 4.78 is 19.3. The number of rotatable bonds is 8. The first-order chi connectivity index (χ1) is 10.0. The molecular weight excluding hydrogens is 275 g/mol. The summed E-state index contributed by atoms with van der Waals surface area (Å²) in [6.07, 6.45) is 2.39. The highest BCUT2D eigenvalue weighted by Crippen LogP contribution is 2.36. The first kappa shape index (κ1) is 15.9. The van der Waals surface area contributed by atoms with E-state index in [1.54, 1.807) is 13.2 Å². The number of halogens is 1. The summed E-state index contributed by atoms with van der Waals surface area (Å²) in [7, 11) is 1.63. The van der Waals surface area contributed by atoms with E-state index in [1.807, 2.05) is 0 Å². The minimum absolute atomic E-state index is 0.332. The van der Waals surface area contributed by atoms with Gasteiger partial charge in [-0.25, -0.2) is 0 Å². The molecular formula is C15H21FN2O3. The van der Waals surface area contributed by atoms with E-state index in [9.17, 15) is 14.5 Å².